The zero-order chi connectivity index (χ0) is 15.2. The molecular weight excluding hydrogens is 270 g/mol. The van der Waals surface area contributed by atoms with E-state index in [1.54, 1.807) is 19.2 Å². The Kier molecular flexibility index (Phi) is 5.16. The average molecular weight is 291 g/mol. The van der Waals surface area contributed by atoms with Crippen LogP contribution < -0.4 is 5.32 Å². The van der Waals surface area contributed by atoms with E-state index in [2.05, 4.69) is 10.4 Å². The van der Waals surface area contributed by atoms with Crippen LogP contribution >= 0.6 is 0 Å². The summed E-state index contributed by atoms with van der Waals surface area (Å²) in [5.41, 5.74) is 2.03. The lowest BCUT2D eigenvalue weighted by molar-refractivity contribution is 0.0919. The summed E-state index contributed by atoms with van der Waals surface area (Å²) >= 11 is 0. The minimum absolute atomic E-state index is 0.203. The van der Waals surface area contributed by atoms with Crippen LogP contribution in [0.1, 0.15) is 34.1 Å². The van der Waals surface area contributed by atoms with E-state index in [1.807, 2.05) is 24.6 Å². The topological polar surface area (TPSA) is 69.3 Å². The Hall–Kier alpha value is -2.08. The summed E-state index contributed by atoms with van der Waals surface area (Å²) in [5.74, 6) is 0.831. The zero-order valence-corrected chi connectivity index (χ0v) is 12.7. The van der Waals surface area contributed by atoms with Gasteiger partial charge in [0.25, 0.3) is 5.91 Å². The molecule has 114 valence electrons. The van der Waals surface area contributed by atoms with Gasteiger partial charge in [-0.15, -0.1) is 0 Å². The number of rotatable bonds is 7. The van der Waals surface area contributed by atoms with Gasteiger partial charge in [-0.2, -0.15) is 5.10 Å². The summed E-state index contributed by atoms with van der Waals surface area (Å²) in [7, 11) is 1.64. The summed E-state index contributed by atoms with van der Waals surface area (Å²) in [5, 5.41) is 7.16. The first-order chi connectivity index (χ1) is 10.1. The molecule has 0 unspecified atom stereocenters. The number of furan rings is 1. The molecule has 0 aliphatic carbocycles. The van der Waals surface area contributed by atoms with Crippen molar-refractivity contribution < 1.29 is 13.9 Å². The van der Waals surface area contributed by atoms with Gasteiger partial charge in [0.1, 0.15) is 5.76 Å². The van der Waals surface area contributed by atoms with Gasteiger partial charge in [0.2, 0.25) is 0 Å². The molecule has 0 bridgehead atoms. The molecule has 0 aromatic carbocycles. The molecule has 2 aromatic heterocycles. The Morgan fingerprint density at radius 1 is 1.43 bits per heavy atom. The van der Waals surface area contributed by atoms with Crippen molar-refractivity contribution in [3.8, 4) is 0 Å². The normalized spacial score (nSPS) is 10.8. The van der Waals surface area contributed by atoms with E-state index >= 15 is 0 Å². The van der Waals surface area contributed by atoms with Crippen LogP contribution in [0.15, 0.2) is 22.6 Å². The second-order valence-corrected chi connectivity index (χ2v) is 4.95. The number of hydrogen-bond acceptors (Lipinski definition) is 4. The fraction of sp³-hybridized carbons (Fsp3) is 0.467. The smallest absolute Gasteiger partial charge is 0.286 e. The third-order valence-corrected chi connectivity index (χ3v) is 3.11. The maximum Gasteiger partial charge on any atom is 0.286 e. The first-order valence-corrected chi connectivity index (χ1v) is 6.97. The Labute approximate surface area is 124 Å². The highest BCUT2D eigenvalue weighted by molar-refractivity contribution is 5.91. The fourth-order valence-electron chi connectivity index (χ4n) is 2.07. The molecule has 6 heteroatoms. The second kappa shape index (κ2) is 7.08. The molecule has 2 rings (SSSR count). The van der Waals surface area contributed by atoms with Gasteiger partial charge in [0, 0.05) is 26.0 Å². The quantitative estimate of drug-likeness (QED) is 0.791. The second-order valence-electron chi connectivity index (χ2n) is 4.95. The van der Waals surface area contributed by atoms with Crippen LogP contribution in [-0.2, 0) is 11.3 Å². The van der Waals surface area contributed by atoms with E-state index in [-0.39, 0.29) is 5.91 Å². The van der Waals surface area contributed by atoms with Gasteiger partial charge >= 0.3 is 0 Å². The van der Waals surface area contributed by atoms with E-state index in [0.29, 0.717) is 31.2 Å². The van der Waals surface area contributed by atoms with Crippen LogP contribution in [0, 0.1) is 13.8 Å². The van der Waals surface area contributed by atoms with E-state index in [4.69, 9.17) is 9.15 Å². The third-order valence-electron chi connectivity index (χ3n) is 3.11. The molecule has 0 saturated carbocycles. The largest absolute Gasteiger partial charge is 0.454 e. The molecule has 0 aliphatic heterocycles. The molecular formula is C15H21N3O3. The lowest BCUT2D eigenvalue weighted by Crippen LogP contribution is -2.24. The number of aryl methyl sites for hydroxylation is 2. The van der Waals surface area contributed by atoms with Crippen molar-refractivity contribution in [1.82, 2.24) is 15.1 Å². The van der Waals surface area contributed by atoms with Crippen molar-refractivity contribution in [2.75, 3.05) is 20.3 Å². The Morgan fingerprint density at radius 3 is 2.90 bits per heavy atom. The molecule has 0 radical (unpaired) electrons. The minimum atomic E-state index is -0.203. The molecule has 0 fully saturated rings. The summed E-state index contributed by atoms with van der Waals surface area (Å²) in [6.45, 7) is 5.66. The molecule has 21 heavy (non-hydrogen) atoms. The average Bonchev–Trinajstić information content (AvgIpc) is 3.02. The van der Waals surface area contributed by atoms with Gasteiger partial charge in [0.15, 0.2) is 5.76 Å². The van der Waals surface area contributed by atoms with Gasteiger partial charge in [-0.3, -0.25) is 9.48 Å². The monoisotopic (exact) mass is 291 g/mol. The summed E-state index contributed by atoms with van der Waals surface area (Å²) in [6, 6.07) is 5.50. The van der Waals surface area contributed by atoms with Gasteiger partial charge in [-0.1, -0.05) is 0 Å². The van der Waals surface area contributed by atoms with Crippen LogP contribution in [-0.4, -0.2) is 35.9 Å². The molecule has 2 aromatic rings. The lowest BCUT2D eigenvalue weighted by atomic mass is 10.3. The minimum Gasteiger partial charge on any atom is -0.454 e. The predicted octanol–water partition coefficient (Wildman–Crippen LogP) is 1.91. The highest BCUT2D eigenvalue weighted by Crippen LogP contribution is 2.11. The summed E-state index contributed by atoms with van der Waals surface area (Å²) in [4.78, 5) is 11.9. The van der Waals surface area contributed by atoms with E-state index in [1.165, 1.54) is 0 Å². The van der Waals surface area contributed by atoms with Crippen molar-refractivity contribution in [2.24, 2.45) is 0 Å². The number of carbonyl (C=O) groups excluding carboxylic acids is 1. The number of methoxy groups -OCH3 is 1. The SMILES string of the molecule is COCCCNC(=O)c1ccc(Cn2nc(C)cc2C)o1. The Balaban J connectivity index is 1.91. The number of carbonyl (C=O) groups is 1. The van der Waals surface area contributed by atoms with Crippen molar-refractivity contribution in [3.63, 3.8) is 0 Å². The predicted molar refractivity (Wildman–Crippen MR) is 78.3 cm³/mol. The fourth-order valence-corrected chi connectivity index (χ4v) is 2.07. The van der Waals surface area contributed by atoms with Crippen molar-refractivity contribution >= 4 is 5.91 Å². The van der Waals surface area contributed by atoms with Gasteiger partial charge < -0.3 is 14.5 Å². The highest BCUT2D eigenvalue weighted by atomic mass is 16.5. The highest BCUT2D eigenvalue weighted by Gasteiger charge is 2.11. The van der Waals surface area contributed by atoms with Crippen molar-refractivity contribution in [1.29, 1.82) is 0 Å². The Bertz CT molecular complexity index is 601. The first kappa shape index (κ1) is 15.3. The Morgan fingerprint density at radius 2 is 2.24 bits per heavy atom. The molecule has 1 amide bonds. The maximum atomic E-state index is 11.9. The van der Waals surface area contributed by atoms with Gasteiger partial charge in [0.05, 0.1) is 12.2 Å². The lowest BCUT2D eigenvalue weighted by Gasteiger charge is -2.03. The van der Waals surface area contributed by atoms with Crippen molar-refractivity contribution in [3.05, 3.63) is 41.1 Å². The number of aromatic nitrogens is 2. The molecule has 0 spiro atoms. The van der Waals surface area contributed by atoms with Crippen LogP contribution in [0.4, 0.5) is 0 Å². The van der Waals surface area contributed by atoms with E-state index in [9.17, 15) is 4.79 Å². The zero-order valence-electron chi connectivity index (χ0n) is 12.7. The van der Waals surface area contributed by atoms with Crippen LogP contribution in [0.5, 0.6) is 0 Å². The molecule has 0 atom stereocenters. The maximum absolute atomic E-state index is 11.9. The van der Waals surface area contributed by atoms with E-state index < -0.39 is 0 Å². The standard InChI is InChI=1S/C15H21N3O3/c1-11-9-12(2)18(17-11)10-13-5-6-14(21-13)15(19)16-7-4-8-20-3/h5-6,9H,4,7-8,10H2,1-3H3,(H,16,19). The molecule has 1 N–H and O–H groups in total. The van der Waals surface area contributed by atoms with Crippen LogP contribution in [0.3, 0.4) is 0 Å². The number of nitrogens with zero attached hydrogens (tertiary/aromatic N) is 2. The molecule has 6 nitrogen and oxygen atoms in total. The molecule has 0 aliphatic rings. The number of ether oxygens (including phenoxy) is 1. The van der Waals surface area contributed by atoms with E-state index in [0.717, 1.165) is 17.8 Å². The molecule has 0 saturated heterocycles. The number of amides is 1. The third kappa shape index (κ3) is 4.19. The van der Waals surface area contributed by atoms with Crippen LogP contribution in [0.2, 0.25) is 0 Å². The molecule has 2 heterocycles. The first-order valence-electron chi connectivity index (χ1n) is 6.97. The summed E-state index contributed by atoms with van der Waals surface area (Å²) < 4.78 is 12.4. The number of hydrogen-bond donors (Lipinski definition) is 1. The van der Waals surface area contributed by atoms with Gasteiger partial charge in [-0.05, 0) is 38.5 Å². The van der Waals surface area contributed by atoms with Crippen LogP contribution in [0.25, 0.3) is 0 Å². The van der Waals surface area contributed by atoms with Gasteiger partial charge in [-0.25, -0.2) is 0 Å². The van der Waals surface area contributed by atoms with Crippen molar-refractivity contribution in [2.45, 2.75) is 26.8 Å². The number of nitrogens with one attached hydrogen (secondary N) is 1. The summed E-state index contributed by atoms with van der Waals surface area (Å²) in [6.07, 6.45) is 0.779.